The molecule has 0 aromatic heterocycles. The van der Waals surface area contributed by atoms with Crippen LogP contribution < -0.4 is 0 Å². The normalized spacial score (nSPS) is 25.3. The van der Waals surface area contributed by atoms with E-state index in [2.05, 4.69) is 22.9 Å². The molecule has 1 saturated carbocycles. The van der Waals surface area contributed by atoms with Gasteiger partial charge in [0.15, 0.2) is 0 Å². The van der Waals surface area contributed by atoms with E-state index in [0.717, 1.165) is 28.8 Å². The van der Waals surface area contributed by atoms with Crippen molar-refractivity contribution >= 4 is 15.9 Å². The van der Waals surface area contributed by atoms with Crippen molar-refractivity contribution in [2.75, 3.05) is 0 Å². The Kier molecular flexibility index (Phi) is 5.40. The lowest BCUT2D eigenvalue weighted by Crippen LogP contribution is -2.28. The predicted octanol–water partition coefficient (Wildman–Crippen LogP) is 4.71. The average molecular weight is 329 g/mol. The van der Waals surface area contributed by atoms with Crippen LogP contribution in [0.3, 0.4) is 0 Å². The molecule has 1 aliphatic carbocycles. The molecule has 0 radical (unpaired) electrons. The molecule has 1 nitrogen and oxygen atoms in total. The van der Waals surface area contributed by atoms with Gasteiger partial charge in [-0.25, -0.2) is 4.39 Å². The van der Waals surface area contributed by atoms with Gasteiger partial charge in [0.1, 0.15) is 5.82 Å². The third-order valence-corrected chi connectivity index (χ3v) is 5.13. The van der Waals surface area contributed by atoms with E-state index in [4.69, 9.17) is 0 Å². The summed E-state index contributed by atoms with van der Waals surface area (Å²) in [6.45, 7) is 2.23. The number of benzene rings is 1. The van der Waals surface area contributed by atoms with E-state index < -0.39 is 0 Å². The van der Waals surface area contributed by atoms with E-state index in [9.17, 15) is 9.50 Å². The zero-order chi connectivity index (χ0) is 13.8. The molecule has 1 aliphatic rings. The minimum absolute atomic E-state index is 0.242. The third-order valence-electron chi connectivity index (χ3n) is 4.39. The molecule has 1 N–H and O–H groups in total. The van der Waals surface area contributed by atoms with Crippen LogP contribution in [0.15, 0.2) is 22.7 Å². The smallest absolute Gasteiger partial charge is 0.124 e. The highest BCUT2D eigenvalue weighted by atomic mass is 79.9. The van der Waals surface area contributed by atoms with Crippen LogP contribution in [-0.2, 0) is 6.42 Å². The Morgan fingerprint density at radius 2 is 2.21 bits per heavy atom. The van der Waals surface area contributed by atoms with E-state index in [1.165, 1.54) is 31.4 Å². The quantitative estimate of drug-likeness (QED) is 0.848. The Bertz CT molecular complexity index is 421. The number of rotatable bonds is 4. The highest BCUT2D eigenvalue weighted by Crippen LogP contribution is 2.34. The van der Waals surface area contributed by atoms with Crippen molar-refractivity contribution in [2.24, 2.45) is 11.8 Å². The molecule has 1 fully saturated rings. The van der Waals surface area contributed by atoms with Crippen LogP contribution in [0.25, 0.3) is 0 Å². The number of hydrogen-bond donors (Lipinski definition) is 1. The summed E-state index contributed by atoms with van der Waals surface area (Å²) in [5, 5.41) is 10.4. The first kappa shape index (κ1) is 15.0. The molecule has 106 valence electrons. The van der Waals surface area contributed by atoms with Crippen molar-refractivity contribution in [1.82, 2.24) is 0 Å². The minimum atomic E-state index is -0.309. The van der Waals surface area contributed by atoms with Crippen molar-refractivity contribution in [1.29, 1.82) is 0 Å². The van der Waals surface area contributed by atoms with Gasteiger partial charge in [-0.1, -0.05) is 48.2 Å². The molecule has 19 heavy (non-hydrogen) atoms. The second-order valence-corrected chi connectivity index (χ2v) is 6.56. The van der Waals surface area contributed by atoms with E-state index in [-0.39, 0.29) is 11.9 Å². The van der Waals surface area contributed by atoms with Crippen molar-refractivity contribution in [3.8, 4) is 0 Å². The predicted molar refractivity (Wildman–Crippen MR) is 79.5 cm³/mol. The van der Waals surface area contributed by atoms with Crippen molar-refractivity contribution in [3.63, 3.8) is 0 Å². The lowest BCUT2D eigenvalue weighted by molar-refractivity contribution is 0.0683. The summed E-state index contributed by atoms with van der Waals surface area (Å²) in [5.41, 5.74) is 0.993. The first-order chi connectivity index (χ1) is 9.10. The highest BCUT2D eigenvalue weighted by Gasteiger charge is 2.26. The highest BCUT2D eigenvalue weighted by molar-refractivity contribution is 9.10. The maximum atomic E-state index is 13.0. The molecular formula is C16H22BrFO. The van der Waals surface area contributed by atoms with Crippen LogP contribution in [0.5, 0.6) is 0 Å². The topological polar surface area (TPSA) is 20.2 Å². The maximum absolute atomic E-state index is 13.0. The zero-order valence-corrected chi connectivity index (χ0v) is 13.0. The second-order valence-electron chi connectivity index (χ2n) is 5.71. The van der Waals surface area contributed by atoms with Crippen molar-refractivity contribution in [3.05, 3.63) is 34.1 Å². The fourth-order valence-electron chi connectivity index (χ4n) is 3.13. The average Bonchev–Trinajstić information content (AvgIpc) is 2.42. The van der Waals surface area contributed by atoms with Crippen molar-refractivity contribution < 1.29 is 9.50 Å². The third kappa shape index (κ3) is 4.03. The fourth-order valence-corrected chi connectivity index (χ4v) is 3.64. The number of halogens is 2. The number of aliphatic hydroxyl groups is 1. The Morgan fingerprint density at radius 3 is 2.89 bits per heavy atom. The van der Waals surface area contributed by atoms with Gasteiger partial charge in [-0.3, -0.25) is 0 Å². The fraction of sp³-hybridized carbons (Fsp3) is 0.625. The van der Waals surface area contributed by atoms with Gasteiger partial charge in [-0.05, 0) is 48.8 Å². The minimum Gasteiger partial charge on any atom is -0.392 e. The van der Waals surface area contributed by atoms with Gasteiger partial charge >= 0.3 is 0 Å². The molecule has 0 saturated heterocycles. The standard InChI is InChI=1S/C16H22BrFO/c1-2-11-4-3-5-13(8-11)16(19)9-12-6-7-14(18)10-15(12)17/h6-7,10-11,13,16,19H,2-5,8-9H2,1H3. The molecule has 1 aromatic carbocycles. The van der Waals surface area contributed by atoms with Gasteiger partial charge < -0.3 is 5.11 Å². The summed E-state index contributed by atoms with van der Waals surface area (Å²) in [6, 6.07) is 4.70. The SMILES string of the molecule is CCC1CCCC(C(O)Cc2ccc(F)cc2Br)C1. The largest absolute Gasteiger partial charge is 0.392 e. The van der Waals surface area contributed by atoms with Crippen molar-refractivity contribution in [2.45, 2.75) is 51.6 Å². The molecule has 3 heteroatoms. The van der Waals surface area contributed by atoms with E-state index in [1.54, 1.807) is 6.07 Å². The van der Waals surface area contributed by atoms with Crippen LogP contribution in [0.2, 0.25) is 0 Å². The molecular weight excluding hydrogens is 307 g/mol. The second kappa shape index (κ2) is 6.85. The monoisotopic (exact) mass is 328 g/mol. The summed E-state index contributed by atoms with van der Waals surface area (Å²) in [6.07, 6.45) is 6.31. The van der Waals surface area contributed by atoms with Crippen LogP contribution >= 0.6 is 15.9 Å². The summed E-state index contributed by atoms with van der Waals surface area (Å²) in [7, 11) is 0. The first-order valence-electron chi connectivity index (χ1n) is 7.22. The van der Waals surface area contributed by atoms with Crippen LogP contribution in [0.4, 0.5) is 4.39 Å². The Hall–Kier alpha value is -0.410. The molecule has 2 rings (SSSR count). The van der Waals surface area contributed by atoms with E-state index in [1.807, 2.05) is 0 Å². The summed E-state index contributed by atoms with van der Waals surface area (Å²) in [4.78, 5) is 0. The molecule has 1 aromatic rings. The van der Waals surface area contributed by atoms with E-state index in [0.29, 0.717) is 12.3 Å². The van der Waals surface area contributed by atoms with Gasteiger partial charge in [0.25, 0.3) is 0 Å². The van der Waals surface area contributed by atoms with Gasteiger partial charge in [-0.15, -0.1) is 0 Å². The van der Waals surface area contributed by atoms with Crippen LogP contribution in [0.1, 0.15) is 44.6 Å². The molecule has 3 atom stereocenters. The Morgan fingerprint density at radius 1 is 1.42 bits per heavy atom. The Labute approximate surface area is 123 Å². The lowest BCUT2D eigenvalue weighted by atomic mass is 9.76. The molecule has 0 spiro atoms. The van der Waals surface area contributed by atoms with Gasteiger partial charge in [-0.2, -0.15) is 0 Å². The van der Waals surface area contributed by atoms with Gasteiger partial charge in [0, 0.05) is 4.47 Å². The molecule has 0 heterocycles. The van der Waals surface area contributed by atoms with Gasteiger partial charge in [0.2, 0.25) is 0 Å². The molecule has 0 amide bonds. The number of aliphatic hydroxyl groups excluding tert-OH is 1. The molecule has 3 unspecified atom stereocenters. The zero-order valence-electron chi connectivity index (χ0n) is 11.4. The van der Waals surface area contributed by atoms with E-state index >= 15 is 0 Å². The molecule has 0 aliphatic heterocycles. The lowest BCUT2D eigenvalue weighted by Gasteiger charge is -2.32. The van der Waals surface area contributed by atoms with Crippen LogP contribution in [0, 0.1) is 17.7 Å². The number of hydrogen-bond acceptors (Lipinski definition) is 1. The van der Waals surface area contributed by atoms with Gasteiger partial charge in [0.05, 0.1) is 6.10 Å². The summed E-state index contributed by atoms with van der Waals surface area (Å²) < 4.78 is 13.8. The summed E-state index contributed by atoms with van der Waals surface area (Å²) >= 11 is 3.37. The summed E-state index contributed by atoms with van der Waals surface area (Å²) in [5.74, 6) is 0.925. The molecule has 0 bridgehead atoms. The maximum Gasteiger partial charge on any atom is 0.124 e. The first-order valence-corrected chi connectivity index (χ1v) is 8.01. The van der Waals surface area contributed by atoms with Crippen LogP contribution in [-0.4, -0.2) is 11.2 Å². The Balaban J connectivity index is 1.98.